The minimum atomic E-state index is -2.65. The van der Waals surface area contributed by atoms with Crippen molar-refractivity contribution >= 4 is 48.3 Å². The second kappa shape index (κ2) is 7.27. The van der Waals surface area contributed by atoms with Crippen molar-refractivity contribution in [3.05, 3.63) is 85.0 Å². The van der Waals surface area contributed by atoms with Gasteiger partial charge in [-0.05, 0) is 0 Å². The molecule has 3 rings (SSSR count). The minimum absolute atomic E-state index is 0.695. The van der Waals surface area contributed by atoms with E-state index in [1.807, 2.05) is 0 Å². The third-order valence-electron chi connectivity index (χ3n) is 4.81. The van der Waals surface area contributed by atoms with Gasteiger partial charge in [0, 0.05) is 0 Å². The summed E-state index contributed by atoms with van der Waals surface area (Å²) in [6.45, 7) is 5.15. The van der Waals surface area contributed by atoms with Gasteiger partial charge in [-0.2, -0.15) is 0 Å². The van der Waals surface area contributed by atoms with E-state index in [1.165, 1.54) is 4.06 Å². The van der Waals surface area contributed by atoms with Crippen LogP contribution < -0.4 is 7.16 Å². The molecular formula is C20H23ISiSn. The van der Waals surface area contributed by atoms with E-state index in [1.54, 1.807) is 7.16 Å². The molecule has 0 unspecified atom stereocenters. The third-order valence-corrected chi connectivity index (χ3v) is 43.5. The van der Waals surface area contributed by atoms with Crippen molar-refractivity contribution in [2.75, 3.05) is 0 Å². The molecule has 1 aliphatic carbocycles. The van der Waals surface area contributed by atoms with E-state index in [0.717, 1.165) is 0 Å². The predicted molar refractivity (Wildman–Crippen MR) is 116 cm³/mol. The second-order valence-corrected chi connectivity index (χ2v) is 35.2. The fourth-order valence-electron chi connectivity index (χ4n) is 3.47. The van der Waals surface area contributed by atoms with E-state index in [-0.39, 0.29) is 0 Å². The van der Waals surface area contributed by atoms with E-state index < -0.39 is 22.5 Å². The molecule has 0 saturated heterocycles. The van der Waals surface area contributed by atoms with Crippen LogP contribution in [0.3, 0.4) is 0 Å². The number of hydrogen-bond acceptors (Lipinski definition) is 0. The van der Waals surface area contributed by atoms with Gasteiger partial charge in [0.25, 0.3) is 0 Å². The van der Waals surface area contributed by atoms with Gasteiger partial charge in [-0.1, -0.05) is 0 Å². The number of benzene rings is 2. The molecule has 118 valence electrons. The topological polar surface area (TPSA) is 0 Å². The van der Waals surface area contributed by atoms with Gasteiger partial charge in [-0.15, -0.1) is 0 Å². The molecule has 2 aromatic carbocycles. The molecule has 0 aromatic heterocycles. The number of halogens is 1. The summed E-state index contributed by atoms with van der Waals surface area (Å²) in [5.41, 5.74) is 0.695. The Labute approximate surface area is 154 Å². The first-order chi connectivity index (χ1) is 11.0. The van der Waals surface area contributed by atoms with Crippen molar-refractivity contribution in [1.82, 2.24) is 0 Å². The van der Waals surface area contributed by atoms with Crippen LogP contribution in [-0.4, -0.2) is 22.5 Å². The Morgan fingerprint density at radius 1 is 0.826 bits per heavy atom. The molecule has 0 atom stereocenters. The van der Waals surface area contributed by atoms with Gasteiger partial charge in [0.1, 0.15) is 0 Å². The molecule has 0 aliphatic heterocycles. The zero-order valence-electron chi connectivity index (χ0n) is 13.7. The Morgan fingerprint density at radius 3 is 1.70 bits per heavy atom. The molecule has 0 radical (unpaired) electrons. The molecule has 23 heavy (non-hydrogen) atoms. The quantitative estimate of drug-likeness (QED) is 0.376. The van der Waals surface area contributed by atoms with E-state index >= 15 is 0 Å². The van der Waals surface area contributed by atoms with Gasteiger partial charge in [-0.3, -0.25) is 0 Å². The third kappa shape index (κ3) is 3.85. The Morgan fingerprint density at radius 2 is 1.26 bits per heavy atom. The summed E-state index contributed by atoms with van der Waals surface area (Å²) >= 11 is 0.261. The maximum absolute atomic E-state index is 2.91. The summed E-state index contributed by atoms with van der Waals surface area (Å²) in [6, 6.07) is 22.6. The van der Waals surface area contributed by atoms with Crippen LogP contribution in [0, 0.1) is 0 Å². The van der Waals surface area contributed by atoms with Crippen LogP contribution in [-0.2, 0) is 0 Å². The first-order valence-electron chi connectivity index (χ1n) is 8.17. The molecule has 0 nitrogen and oxygen atoms in total. The van der Waals surface area contributed by atoms with Crippen LogP contribution in [0.2, 0.25) is 22.7 Å². The van der Waals surface area contributed by atoms with Crippen LogP contribution in [0.25, 0.3) is 0 Å². The molecule has 2 aromatic rings. The molecule has 0 amide bonds. The Kier molecular flexibility index (Phi) is 5.53. The Bertz CT molecular complexity index is 655. The van der Waals surface area contributed by atoms with Gasteiger partial charge in [-0.25, -0.2) is 0 Å². The van der Waals surface area contributed by atoms with Crippen molar-refractivity contribution in [3.8, 4) is 0 Å². The molecule has 0 bridgehead atoms. The van der Waals surface area contributed by atoms with Crippen molar-refractivity contribution in [2.24, 2.45) is 0 Å². The standard InChI is InChI=1S/C8H13Si.2C6H5.HI.Sn/c1-9(2,3)8-6-4-5-7-8;2*1-2-4-6-5-3-1;;/h4-8H,1H2,2-3H3;2*1-5H;1H;/q;;;;+1/p-1. The Balaban J connectivity index is 2.03. The van der Waals surface area contributed by atoms with Crippen molar-refractivity contribution in [1.29, 1.82) is 0 Å². The molecule has 0 heterocycles. The molecule has 0 fully saturated rings. The molecule has 0 saturated carbocycles. The van der Waals surface area contributed by atoms with Gasteiger partial charge < -0.3 is 0 Å². The molecule has 3 heteroatoms. The van der Waals surface area contributed by atoms with Gasteiger partial charge in [0.2, 0.25) is 0 Å². The zero-order chi connectivity index (χ0) is 16.3. The summed E-state index contributed by atoms with van der Waals surface area (Å²) < 4.78 is 4.69. The van der Waals surface area contributed by atoms with E-state index in [4.69, 9.17) is 0 Å². The summed E-state index contributed by atoms with van der Waals surface area (Å²) in [4.78, 5) is 0. The van der Waals surface area contributed by atoms with Gasteiger partial charge in [0.15, 0.2) is 0 Å². The average Bonchev–Trinajstić information content (AvgIpc) is 3.11. The summed E-state index contributed by atoms with van der Waals surface area (Å²) in [6.07, 6.45) is 9.31. The zero-order valence-corrected chi connectivity index (χ0v) is 19.8. The second-order valence-electron chi connectivity index (χ2n) is 6.99. The van der Waals surface area contributed by atoms with E-state index in [9.17, 15) is 0 Å². The van der Waals surface area contributed by atoms with Crippen LogP contribution in [0.4, 0.5) is 0 Å². The van der Waals surface area contributed by atoms with E-state index in [2.05, 4.69) is 117 Å². The van der Waals surface area contributed by atoms with Crippen LogP contribution in [0.1, 0.15) is 0 Å². The molecular weight excluding hydrogens is 514 g/mol. The van der Waals surface area contributed by atoms with Crippen LogP contribution in [0.5, 0.6) is 0 Å². The average molecular weight is 537 g/mol. The van der Waals surface area contributed by atoms with Gasteiger partial charge in [0.05, 0.1) is 0 Å². The first kappa shape index (κ1) is 17.5. The van der Waals surface area contributed by atoms with Crippen molar-refractivity contribution in [3.63, 3.8) is 0 Å². The fraction of sp³-hybridized carbons (Fsp3) is 0.200. The maximum atomic E-state index is 2.91. The normalized spacial score (nSPS) is 15.3. The van der Waals surface area contributed by atoms with E-state index in [0.29, 0.717) is 5.54 Å². The van der Waals surface area contributed by atoms with Crippen LogP contribution >= 0.6 is 18.6 Å². The predicted octanol–water partition coefficient (Wildman–Crippen LogP) is 4.93. The monoisotopic (exact) mass is 538 g/mol. The molecule has 1 aliphatic rings. The van der Waals surface area contributed by atoms with Crippen molar-refractivity contribution < 1.29 is 0 Å². The number of rotatable bonds is 5. The number of hydrogen-bond donors (Lipinski definition) is 0. The Hall–Kier alpha value is -0.334. The SMILES string of the molecule is C[Si](C)([CH2][Sn]([I])([c]1ccccc1)[c]1ccccc1)C1C=CC=C1. The first-order valence-corrected chi connectivity index (χ1v) is 24.6. The van der Waals surface area contributed by atoms with Crippen molar-refractivity contribution in [2.45, 2.75) is 22.7 Å². The molecule has 0 spiro atoms. The summed E-state index contributed by atoms with van der Waals surface area (Å²) in [7, 11) is -1.36. The fourth-order valence-corrected chi connectivity index (χ4v) is 52.6. The number of allylic oxidation sites excluding steroid dienone is 4. The van der Waals surface area contributed by atoms with Gasteiger partial charge >= 0.3 is 156 Å². The summed E-state index contributed by atoms with van der Waals surface area (Å²) in [5, 5.41) is 0. The van der Waals surface area contributed by atoms with Crippen LogP contribution in [0.15, 0.2) is 85.0 Å². The summed E-state index contributed by atoms with van der Waals surface area (Å²) in [5.74, 6) is 0. The molecule has 0 N–H and O–H groups in total.